The second kappa shape index (κ2) is 8.03. The van der Waals surface area contributed by atoms with Gasteiger partial charge in [0.25, 0.3) is 0 Å². The first-order chi connectivity index (χ1) is 11.2. The first-order valence-electron chi connectivity index (χ1n) is 7.33. The molecule has 4 heteroatoms. The number of carbonyl (C=O) groups excluding carboxylic acids is 1. The highest BCUT2D eigenvalue weighted by atomic mass is 16.5. The average molecular weight is 311 g/mol. The lowest BCUT2D eigenvalue weighted by Crippen LogP contribution is -2.18. The van der Waals surface area contributed by atoms with Crippen LogP contribution in [-0.4, -0.2) is 27.2 Å². The lowest BCUT2D eigenvalue weighted by atomic mass is 10.00. The molecule has 0 atom stereocenters. The Kier molecular flexibility index (Phi) is 5.80. The summed E-state index contributed by atoms with van der Waals surface area (Å²) in [6.45, 7) is 0.665. The Balaban J connectivity index is 2.33. The molecule has 0 N–H and O–H groups in total. The summed E-state index contributed by atoms with van der Waals surface area (Å²) >= 11 is 0. The van der Waals surface area contributed by atoms with Crippen molar-refractivity contribution in [2.24, 2.45) is 0 Å². The van der Waals surface area contributed by atoms with E-state index in [9.17, 15) is 4.79 Å². The third-order valence-corrected chi connectivity index (χ3v) is 3.55. The summed E-state index contributed by atoms with van der Waals surface area (Å²) in [4.78, 5) is 14.2. The van der Waals surface area contributed by atoms with Crippen LogP contribution in [0.25, 0.3) is 5.57 Å². The summed E-state index contributed by atoms with van der Waals surface area (Å²) < 4.78 is 9.91. The van der Waals surface area contributed by atoms with Crippen LogP contribution in [0.1, 0.15) is 11.1 Å². The van der Waals surface area contributed by atoms with E-state index < -0.39 is 5.97 Å². The molecule has 23 heavy (non-hydrogen) atoms. The summed E-state index contributed by atoms with van der Waals surface area (Å²) in [6.07, 6.45) is 1.42. The average Bonchev–Trinajstić information content (AvgIpc) is 2.60. The SMILES string of the molecule is COC=C(C(=O)OC)c1ccccc1CN(C)c1ccccc1. The normalized spacial score (nSPS) is 11.0. The number of carbonyl (C=O) groups is 1. The second-order valence-electron chi connectivity index (χ2n) is 5.11. The number of methoxy groups -OCH3 is 2. The highest BCUT2D eigenvalue weighted by Crippen LogP contribution is 2.23. The Labute approximate surface area is 137 Å². The van der Waals surface area contributed by atoms with Crippen LogP contribution in [0.3, 0.4) is 0 Å². The van der Waals surface area contributed by atoms with E-state index in [4.69, 9.17) is 9.47 Å². The molecule has 0 amide bonds. The third kappa shape index (κ3) is 4.13. The zero-order valence-electron chi connectivity index (χ0n) is 13.7. The zero-order valence-corrected chi connectivity index (χ0v) is 13.7. The van der Waals surface area contributed by atoms with Gasteiger partial charge in [-0.3, -0.25) is 0 Å². The maximum absolute atomic E-state index is 12.0. The maximum Gasteiger partial charge on any atom is 0.341 e. The molecule has 0 aliphatic rings. The number of anilines is 1. The van der Waals surface area contributed by atoms with Crippen molar-refractivity contribution in [3.8, 4) is 0 Å². The van der Waals surface area contributed by atoms with E-state index >= 15 is 0 Å². The van der Waals surface area contributed by atoms with Crippen LogP contribution in [0.2, 0.25) is 0 Å². The Hall–Kier alpha value is -2.75. The second-order valence-corrected chi connectivity index (χ2v) is 5.11. The molecule has 0 radical (unpaired) electrons. The van der Waals surface area contributed by atoms with Gasteiger partial charge in [-0.25, -0.2) is 4.79 Å². The molecule has 0 aromatic heterocycles. The number of esters is 1. The smallest absolute Gasteiger partial charge is 0.341 e. The molecular formula is C19H21NO3. The van der Waals surface area contributed by atoms with Crippen molar-refractivity contribution in [1.29, 1.82) is 0 Å². The Morgan fingerprint density at radius 3 is 2.35 bits per heavy atom. The van der Waals surface area contributed by atoms with Gasteiger partial charge in [0.15, 0.2) is 0 Å². The molecule has 0 unspecified atom stereocenters. The number of hydrogen-bond acceptors (Lipinski definition) is 4. The van der Waals surface area contributed by atoms with Gasteiger partial charge in [-0.15, -0.1) is 0 Å². The summed E-state index contributed by atoms with van der Waals surface area (Å²) in [6, 6.07) is 17.8. The predicted molar refractivity (Wildman–Crippen MR) is 92.0 cm³/mol. The quantitative estimate of drug-likeness (QED) is 0.465. The third-order valence-electron chi connectivity index (χ3n) is 3.55. The fourth-order valence-corrected chi connectivity index (χ4v) is 2.40. The van der Waals surface area contributed by atoms with Crippen LogP contribution in [0.5, 0.6) is 0 Å². The summed E-state index contributed by atoms with van der Waals surface area (Å²) in [5, 5.41) is 0. The summed E-state index contributed by atoms with van der Waals surface area (Å²) in [5.74, 6) is -0.415. The number of para-hydroxylation sites is 1. The molecule has 2 rings (SSSR count). The van der Waals surface area contributed by atoms with Crippen LogP contribution >= 0.6 is 0 Å². The van der Waals surface area contributed by atoms with Crippen LogP contribution in [0.4, 0.5) is 5.69 Å². The maximum atomic E-state index is 12.0. The largest absolute Gasteiger partial charge is 0.503 e. The van der Waals surface area contributed by atoms with Crippen molar-refractivity contribution in [3.05, 3.63) is 72.0 Å². The topological polar surface area (TPSA) is 38.8 Å². The number of hydrogen-bond donors (Lipinski definition) is 0. The Morgan fingerprint density at radius 2 is 1.70 bits per heavy atom. The van der Waals surface area contributed by atoms with E-state index in [0.717, 1.165) is 16.8 Å². The van der Waals surface area contributed by atoms with E-state index in [-0.39, 0.29) is 0 Å². The molecule has 4 nitrogen and oxygen atoms in total. The number of benzene rings is 2. The first-order valence-corrected chi connectivity index (χ1v) is 7.33. The molecule has 0 bridgehead atoms. The molecule has 0 spiro atoms. The van der Waals surface area contributed by atoms with Crippen molar-refractivity contribution >= 4 is 17.2 Å². The van der Waals surface area contributed by atoms with Crippen LogP contribution < -0.4 is 4.90 Å². The molecule has 0 heterocycles. The van der Waals surface area contributed by atoms with E-state index in [0.29, 0.717) is 12.1 Å². The van der Waals surface area contributed by atoms with Gasteiger partial charge in [0.05, 0.1) is 20.5 Å². The standard InChI is InChI=1S/C19H21NO3/c1-20(16-10-5-4-6-11-16)13-15-9-7-8-12-17(15)18(14-22-2)19(21)23-3/h4-12,14H,13H2,1-3H3. The molecule has 0 aliphatic heterocycles. The van der Waals surface area contributed by atoms with Gasteiger partial charge in [-0.1, -0.05) is 42.5 Å². The minimum atomic E-state index is -0.415. The highest BCUT2D eigenvalue weighted by Gasteiger charge is 2.17. The Bertz CT molecular complexity index is 680. The molecular weight excluding hydrogens is 290 g/mol. The first kappa shape index (κ1) is 16.6. The lowest BCUT2D eigenvalue weighted by Gasteiger charge is -2.21. The highest BCUT2D eigenvalue weighted by molar-refractivity contribution is 6.16. The van der Waals surface area contributed by atoms with Crippen LogP contribution in [-0.2, 0) is 20.8 Å². The number of rotatable bonds is 6. The molecule has 2 aromatic rings. The van der Waals surface area contributed by atoms with E-state index in [1.807, 2.05) is 49.5 Å². The molecule has 0 aliphatic carbocycles. The van der Waals surface area contributed by atoms with Crippen molar-refractivity contribution in [3.63, 3.8) is 0 Å². The van der Waals surface area contributed by atoms with E-state index in [1.165, 1.54) is 20.5 Å². The van der Waals surface area contributed by atoms with Crippen LogP contribution in [0.15, 0.2) is 60.9 Å². The van der Waals surface area contributed by atoms with Gasteiger partial charge in [-0.2, -0.15) is 0 Å². The van der Waals surface area contributed by atoms with Crippen molar-refractivity contribution in [2.45, 2.75) is 6.54 Å². The minimum Gasteiger partial charge on any atom is -0.503 e. The monoisotopic (exact) mass is 311 g/mol. The number of nitrogens with zero attached hydrogens (tertiary/aromatic N) is 1. The van der Waals surface area contributed by atoms with Gasteiger partial charge >= 0.3 is 5.97 Å². The van der Waals surface area contributed by atoms with Crippen LogP contribution in [0, 0.1) is 0 Å². The molecule has 2 aromatic carbocycles. The van der Waals surface area contributed by atoms with Gasteiger partial charge < -0.3 is 14.4 Å². The molecule has 0 saturated heterocycles. The molecule has 0 saturated carbocycles. The zero-order chi connectivity index (χ0) is 16.7. The minimum absolute atomic E-state index is 0.409. The lowest BCUT2D eigenvalue weighted by molar-refractivity contribution is -0.133. The van der Waals surface area contributed by atoms with Crippen molar-refractivity contribution < 1.29 is 14.3 Å². The molecule has 0 fully saturated rings. The van der Waals surface area contributed by atoms with E-state index in [2.05, 4.69) is 17.0 Å². The van der Waals surface area contributed by atoms with Crippen molar-refractivity contribution in [2.75, 3.05) is 26.2 Å². The summed E-state index contributed by atoms with van der Waals surface area (Å²) in [5.41, 5.74) is 3.35. The summed E-state index contributed by atoms with van der Waals surface area (Å²) in [7, 11) is 4.90. The number of ether oxygens (including phenoxy) is 2. The van der Waals surface area contributed by atoms with Gasteiger partial charge in [0, 0.05) is 19.3 Å². The van der Waals surface area contributed by atoms with Gasteiger partial charge in [-0.05, 0) is 23.3 Å². The van der Waals surface area contributed by atoms with Gasteiger partial charge in [0.1, 0.15) is 5.57 Å². The van der Waals surface area contributed by atoms with Gasteiger partial charge in [0.2, 0.25) is 0 Å². The van der Waals surface area contributed by atoms with E-state index in [1.54, 1.807) is 0 Å². The Morgan fingerprint density at radius 1 is 1.04 bits per heavy atom. The fourth-order valence-electron chi connectivity index (χ4n) is 2.40. The fraction of sp³-hybridized carbons (Fsp3) is 0.211. The molecule has 120 valence electrons. The predicted octanol–water partition coefficient (Wildman–Crippen LogP) is 3.48. The van der Waals surface area contributed by atoms with Crippen molar-refractivity contribution in [1.82, 2.24) is 0 Å².